The summed E-state index contributed by atoms with van der Waals surface area (Å²) in [5, 5.41) is 27.3. The van der Waals surface area contributed by atoms with E-state index in [-0.39, 0.29) is 5.56 Å². The molecule has 0 unspecified atom stereocenters. The van der Waals surface area contributed by atoms with Crippen LogP contribution in [0.15, 0.2) is 64.5 Å². The molecule has 0 radical (unpaired) electrons. The zero-order valence-electron chi connectivity index (χ0n) is 12.0. The van der Waals surface area contributed by atoms with Gasteiger partial charge in [0.1, 0.15) is 0 Å². The molecule has 2 rings (SSSR count). The number of rotatable bonds is 5. The Morgan fingerprint density at radius 1 is 0.833 bits per heavy atom. The summed E-state index contributed by atoms with van der Waals surface area (Å²) in [6.07, 6.45) is 0. The highest BCUT2D eigenvalue weighted by Gasteiger charge is 2.23. The molecule has 0 atom stereocenters. The van der Waals surface area contributed by atoms with Crippen LogP contribution in [-0.2, 0) is 9.59 Å². The SMILES string of the molecule is O=C(O)C(=O)/C(N=Nc1ccc(Cl)cc1)=C(\O)c1ccc(Cl)cc1. The predicted molar refractivity (Wildman–Crippen MR) is 89.6 cm³/mol. The number of hydrogen-bond acceptors (Lipinski definition) is 5. The molecule has 0 spiro atoms. The molecule has 0 aliphatic carbocycles. The fraction of sp³-hybridized carbons (Fsp3) is 0. The third-order valence-electron chi connectivity index (χ3n) is 2.84. The van der Waals surface area contributed by atoms with Gasteiger partial charge in [0.15, 0.2) is 11.5 Å². The smallest absolute Gasteiger partial charge is 0.379 e. The Morgan fingerprint density at radius 3 is 1.83 bits per heavy atom. The van der Waals surface area contributed by atoms with E-state index >= 15 is 0 Å². The van der Waals surface area contributed by atoms with Crippen molar-refractivity contribution in [3.63, 3.8) is 0 Å². The fourth-order valence-corrected chi connectivity index (χ4v) is 1.91. The van der Waals surface area contributed by atoms with Crippen molar-refractivity contribution in [1.29, 1.82) is 0 Å². The summed E-state index contributed by atoms with van der Waals surface area (Å²) in [7, 11) is 0. The van der Waals surface area contributed by atoms with Gasteiger partial charge in [-0.05, 0) is 48.5 Å². The van der Waals surface area contributed by atoms with Crippen LogP contribution in [0.3, 0.4) is 0 Å². The number of halogens is 2. The molecule has 0 heterocycles. The molecular weight excluding hydrogens is 355 g/mol. The number of Topliss-reactive ketones (excluding diaryl/α,β-unsaturated/α-hetero) is 1. The van der Waals surface area contributed by atoms with Crippen molar-refractivity contribution in [2.45, 2.75) is 0 Å². The maximum Gasteiger partial charge on any atom is 0.379 e. The predicted octanol–water partition coefficient (Wildman–Crippen LogP) is 4.66. The standard InChI is InChI=1S/C16H10Cl2N2O4/c17-10-3-1-9(2-4-10)14(21)13(15(22)16(23)24)20-19-12-7-5-11(18)6-8-12/h1-8,21H,(H,23,24)/b14-13+,20-19?. The molecule has 2 aromatic rings. The molecule has 2 N–H and O–H groups in total. The normalized spacial score (nSPS) is 12.1. The van der Waals surface area contributed by atoms with Gasteiger partial charge in [-0.3, -0.25) is 4.79 Å². The van der Waals surface area contributed by atoms with Crippen molar-refractivity contribution >= 4 is 46.4 Å². The largest absolute Gasteiger partial charge is 0.505 e. The molecule has 0 amide bonds. The van der Waals surface area contributed by atoms with Crippen LogP contribution in [0.1, 0.15) is 5.56 Å². The number of hydrogen-bond donors (Lipinski definition) is 2. The van der Waals surface area contributed by atoms with E-state index in [1.165, 1.54) is 36.4 Å². The first-order valence-corrected chi connectivity index (χ1v) is 7.28. The number of nitrogens with zero attached hydrogens (tertiary/aromatic N) is 2. The Morgan fingerprint density at radius 2 is 1.33 bits per heavy atom. The summed E-state index contributed by atoms with van der Waals surface area (Å²) in [6, 6.07) is 11.9. The van der Waals surface area contributed by atoms with E-state index in [0.29, 0.717) is 15.7 Å². The number of carbonyl (C=O) groups is 2. The monoisotopic (exact) mass is 364 g/mol. The number of aliphatic carboxylic acids is 1. The highest BCUT2D eigenvalue weighted by molar-refractivity contribution is 6.40. The van der Waals surface area contributed by atoms with Crippen LogP contribution in [0.5, 0.6) is 0 Å². The van der Waals surface area contributed by atoms with E-state index in [1.54, 1.807) is 12.1 Å². The minimum Gasteiger partial charge on any atom is -0.505 e. The number of azo groups is 1. The highest BCUT2D eigenvalue weighted by Crippen LogP contribution is 2.23. The second-order valence-corrected chi connectivity index (χ2v) is 5.39. The van der Waals surface area contributed by atoms with Gasteiger partial charge in [-0.25, -0.2) is 4.79 Å². The Bertz CT molecular complexity index is 828. The zero-order valence-corrected chi connectivity index (χ0v) is 13.5. The lowest BCUT2D eigenvalue weighted by molar-refractivity contribution is -0.147. The number of aliphatic hydroxyl groups excluding tert-OH is 1. The number of carboxylic acids is 1. The summed E-state index contributed by atoms with van der Waals surface area (Å²) >= 11 is 11.5. The topological polar surface area (TPSA) is 99.3 Å². The average molecular weight is 365 g/mol. The van der Waals surface area contributed by atoms with Gasteiger partial charge >= 0.3 is 5.97 Å². The van der Waals surface area contributed by atoms with Gasteiger partial charge in [-0.15, -0.1) is 5.11 Å². The first-order chi connectivity index (χ1) is 11.4. The van der Waals surface area contributed by atoms with Crippen molar-refractivity contribution in [3.8, 4) is 0 Å². The van der Waals surface area contributed by atoms with Crippen molar-refractivity contribution < 1.29 is 19.8 Å². The van der Waals surface area contributed by atoms with E-state index in [1.807, 2.05) is 0 Å². The van der Waals surface area contributed by atoms with E-state index in [4.69, 9.17) is 28.3 Å². The van der Waals surface area contributed by atoms with Crippen LogP contribution >= 0.6 is 23.2 Å². The fourth-order valence-electron chi connectivity index (χ4n) is 1.66. The molecule has 0 saturated heterocycles. The summed E-state index contributed by atoms with van der Waals surface area (Å²) in [5.74, 6) is -3.77. The number of ketones is 1. The lowest BCUT2D eigenvalue weighted by Crippen LogP contribution is -2.15. The molecule has 0 bridgehead atoms. The van der Waals surface area contributed by atoms with E-state index < -0.39 is 23.2 Å². The first-order valence-electron chi connectivity index (χ1n) is 6.52. The maximum absolute atomic E-state index is 11.8. The number of carbonyl (C=O) groups excluding carboxylic acids is 1. The van der Waals surface area contributed by atoms with Gasteiger partial charge < -0.3 is 10.2 Å². The van der Waals surface area contributed by atoms with Gasteiger partial charge in [-0.2, -0.15) is 5.11 Å². The molecular formula is C16H10Cl2N2O4. The third kappa shape index (κ3) is 4.41. The van der Waals surface area contributed by atoms with Gasteiger partial charge in [0, 0.05) is 15.6 Å². The lowest BCUT2D eigenvalue weighted by atomic mass is 10.1. The molecule has 122 valence electrons. The van der Waals surface area contributed by atoms with Crippen LogP contribution in [0.2, 0.25) is 10.0 Å². The summed E-state index contributed by atoms with van der Waals surface area (Å²) in [5.41, 5.74) is -0.183. The summed E-state index contributed by atoms with van der Waals surface area (Å²) < 4.78 is 0. The Balaban J connectivity index is 2.46. The van der Waals surface area contributed by atoms with Crippen LogP contribution in [0.25, 0.3) is 5.76 Å². The third-order valence-corrected chi connectivity index (χ3v) is 3.35. The van der Waals surface area contributed by atoms with Crippen LogP contribution in [0, 0.1) is 0 Å². The second kappa shape index (κ2) is 7.72. The van der Waals surface area contributed by atoms with E-state index in [0.717, 1.165) is 0 Å². The van der Waals surface area contributed by atoms with Gasteiger partial charge in [0.2, 0.25) is 0 Å². The zero-order chi connectivity index (χ0) is 17.7. The van der Waals surface area contributed by atoms with Crippen molar-refractivity contribution in [3.05, 3.63) is 69.8 Å². The molecule has 0 fully saturated rings. The van der Waals surface area contributed by atoms with Crippen LogP contribution in [0.4, 0.5) is 5.69 Å². The Labute approximate surface area is 146 Å². The molecule has 8 heteroatoms. The number of benzene rings is 2. The van der Waals surface area contributed by atoms with Crippen molar-refractivity contribution in [2.24, 2.45) is 10.2 Å². The minimum absolute atomic E-state index is 0.180. The lowest BCUT2D eigenvalue weighted by Gasteiger charge is -2.04. The van der Waals surface area contributed by atoms with Crippen molar-refractivity contribution in [1.82, 2.24) is 0 Å². The second-order valence-electron chi connectivity index (χ2n) is 4.51. The molecule has 2 aromatic carbocycles. The number of carboxylic acid groups (broad SMARTS) is 1. The van der Waals surface area contributed by atoms with Crippen LogP contribution < -0.4 is 0 Å². The van der Waals surface area contributed by atoms with E-state index in [9.17, 15) is 14.7 Å². The highest BCUT2D eigenvalue weighted by atomic mass is 35.5. The maximum atomic E-state index is 11.8. The Kier molecular flexibility index (Phi) is 5.68. The molecule has 0 aliphatic heterocycles. The quantitative estimate of drug-likeness (QED) is 0.348. The first kappa shape index (κ1) is 17.7. The minimum atomic E-state index is -1.76. The summed E-state index contributed by atoms with van der Waals surface area (Å²) in [4.78, 5) is 22.7. The van der Waals surface area contributed by atoms with Gasteiger partial charge in [0.25, 0.3) is 5.78 Å². The van der Waals surface area contributed by atoms with Gasteiger partial charge in [-0.1, -0.05) is 23.2 Å². The molecule has 24 heavy (non-hydrogen) atoms. The van der Waals surface area contributed by atoms with Crippen LogP contribution in [-0.4, -0.2) is 22.0 Å². The molecule has 0 saturated carbocycles. The molecule has 6 nitrogen and oxygen atoms in total. The van der Waals surface area contributed by atoms with E-state index in [2.05, 4.69) is 10.2 Å². The molecule has 0 aliphatic rings. The summed E-state index contributed by atoms with van der Waals surface area (Å²) in [6.45, 7) is 0. The average Bonchev–Trinajstić information content (AvgIpc) is 2.56. The van der Waals surface area contributed by atoms with Gasteiger partial charge in [0.05, 0.1) is 5.69 Å². The molecule has 0 aromatic heterocycles. The van der Waals surface area contributed by atoms with Crippen molar-refractivity contribution in [2.75, 3.05) is 0 Å². The Hall–Kier alpha value is -2.70. The number of aliphatic hydroxyl groups is 1.